The fraction of sp³-hybridized carbons (Fsp3) is 0.667. The first-order valence-electron chi connectivity index (χ1n) is 11.6. The number of nitrogens with one attached hydrogen (secondary N) is 2. The second-order valence-electron chi connectivity index (χ2n) is 9.07. The summed E-state index contributed by atoms with van der Waals surface area (Å²) >= 11 is 0. The van der Waals surface area contributed by atoms with E-state index in [0.717, 1.165) is 38.7 Å². The largest absolute Gasteiger partial charge is 0.355 e. The quantitative estimate of drug-likeness (QED) is 0.455. The first-order valence-corrected chi connectivity index (χ1v) is 11.6. The minimum absolute atomic E-state index is 0.0129. The van der Waals surface area contributed by atoms with E-state index in [4.69, 9.17) is 9.57 Å². The van der Waals surface area contributed by atoms with Gasteiger partial charge in [-0.1, -0.05) is 49.6 Å². The van der Waals surface area contributed by atoms with Crippen molar-refractivity contribution < 1.29 is 19.2 Å². The molecule has 1 saturated carbocycles. The maximum atomic E-state index is 13.5. The van der Waals surface area contributed by atoms with E-state index in [1.165, 1.54) is 24.8 Å². The molecule has 6 heteroatoms. The van der Waals surface area contributed by atoms with Crippen LogP contribution in [0, 0.1) is 23.7 Å². The van der Waals surface area contributed by atoms with Gasteiger partial charge in [0.25, 0.3) is 0 Å². The third kappa shape index (κ3) is 5.48. The second-order valence-corrected chi connectivity index (χ2v) is 9.07. The highest BCUT2D eigenvalue weighted by molar-refractivity contribution is 6.04. The van der Waals surface area contributed by atoms with Crippen LogP contribution in [0.3, 0.4) is 0 Å². The number of carbonyl (C=O) groups is 2. The number of benzene rings is 1. The van der Waals surface area contributed by atoms with E-state index in [9.17, 15) is 9.59 Å². The van der Waals surface area contributed by atoms with Crippen molar-refractivity contribution in [1.82, 2.24) is 10.8 Å². The van der Waals surface area contributed by atoms with Gasteiger partial charge in [0.2, 0.25) is 5.91 Å². The summed E-state index contributed by atoms with van der Waals surface area (Å²) in [6, 6.07) is 10.1. The smallest absolute Gasteiger partial charge is 0.230 e. The first kappa shape index (κ1) is 21.5. The molecular weight excluding hydrogens is 380 g/mol. The van der Waals surface area contributed by atoms with Crippen molar-refractivity contribution in [2.75, 3.05) is 19.7 Å². The molecule has 0 spiro atoms. The van der Waals surface area contributed by atoms with E-state index in [2.05, 4.69) is 22.9 Å². The van der Waals surface area contributed by atoms with E-state index in [0.29, 0.717) is 19.0 Å². The van der Waals surface area contributed by atoms with E-state index >= 15 is 0 Å². The Labute approximate surface area is 179 Å². The van der Waals surface area contributed by atoms with Crippen molar-refractivity contribution in [2.24, 2.45) is 23.7 Å². The van der Waals surface area contributed by atoms with Crippen LogP contribution >= 0.6 is 0 Å². The van der Waals surface area contributed by atoms with E-state index in [1.54, 1.807) is 0 Å². The van der Waals surface area contributed by atoms with Gasteiger partial charge in [-0.15, -0.1) is 0 Å². The predicted octanol–water partition coefficient (Wildman–Crippen LogP) is 3.01. The zero-order valence-corrected chi connectivity index (χ0v) is 17.7. The summed E-state index contributed by atoms with van der Waals surface area (Å²) in [5.74, 6) is -0.216. The molecule has 1 amide bonds. The molecule has 0 aromatic heterocycles. The van der Waals surface area contributed by atoms with Gasteiger partial charge in [0, 0.05) is 32.0 Å². The summed E-state index contributed by atoms with van der Waals surface area (Å²) in [5.41, 5.74) is 4.18. The van der Waals surface area contributed by atoms with Gasteiger partial charge in [0.1, 0.15) is 11.7 Å². The average Bonchev–Trinajstić information content (AvgIpc) is 3.10. The molecule has 3 fully saturated rings. The number of ether oxygens (including phenoxy) is 1. The van der Waals surface area contributed by atoms with Crippen molar-refractivity contribution in [3.8, 4) is 0 Å². The summed E-state index contributed by atoms with van der Waals surface area (Å²) in [6.45, 7) is 1.73. The van der Waals surface area contributed by atoms with Gasteiger partial charge in [-0.25, -0.2) is 0 Å². The third-order valence-electron chi connectivity index (χ3n) is 6.87. The SMILES string of the molecule is O=C1NCC(Cc2ccccc2)C1C(=O)C(CNOC1CCCCO1)CC1CCC1. The summed E-state index contributed by atoms with van der Waals surface area (Å²) in [4.78, 5) is 31.8. The van der Waals surface area contributed by atoms with Gasteiger partial charge >= 0.3 is 0 Å². The standard InChI is InChI=1S/C24H34N2O4/c27-23(22-19(15-25-24(22)28)13-17-7-2-1-3-8-17)20(14-18-9-6-10-18)16-26-30-21-11-4-5-12-29-21/h1-3,7-8,18-22,26H,4-6,9-16H2,(H,25,28). The van der Waals surface area contributed by atoms with Crippen molar-refractivity contribution in [1.29, 1.82) is 0 Å². The van der Waals surface area contributed by atoms with Crippen LogP contribution in [0.2, 0.25) is 0 Å². The van der Waals surface area contributed by atoms with Crippen LogP contribution in [0.5, 0.6) is 0 Å². The van der Waals surface area contributed by atoms with Crippen LogP contribution in [0.4, 0.5) is 0 Å². The molecule has 1 aromatic rings. The monoisotopic (exact) mass is 414 g/mol. The maximum Gasteiger partial charge on any atom is 0.230 e. The highest BCUT2D eigenvalue weighted by atomic mass is 16.8. The van der Waals surface area contributed by atoms with Gasteiger partial charge in [-0.2, -0.15) is 5.48 Å². The number of Topliss-reactive ketones (excluding diaryl/α,β-unsaturated/α-hetero) is 1. The summed E-state index contributed by atoms with van der Waals surface area (Å²) < 4.78 is 5.60. The lowest BCUT2D eigenvalue weighted by atomic mass is 9.74. The predicted molar refractivity (Wildman–Crippen MR) is 113 cm³/mol. The first-order chi connectivity index (χ1) is 14.7. The number of amides is 1. The van der Waals surface area contributed by atoms with E-state index in [1.807, 2.05) is 18.2 Å². The van der Waals surface area contributed by atoms with E-state index in [-0.39, 0.29) is 29.8 Å². The van der Waals surface area contributed by atoms with Crippen molar-refractivity contribution in [3.05, 3.63) is 35.9 Å². The molecule has 1 aromatic carbocycles. The molecule has 4 atom stereocenters. The number of carbonyl (C=O) groups excluding carboxylic acids is 2. The normalized spacial score (nSPS) is 28.0. The Morgan fingerprint density at radius 1 is 1.17 bits per heavy atom. The van der Waals surface area contributed by atoms with Gasteiger partial charge in [0.05, 0.1) is 0 Å². The Morgan fingerprint density at radius 3 is 2.70 bits per heavy atom. The maximum absolute atomic E-state index is 13.5. The summed E-state index contributed by atoms with van der Waals surface area (Å²) in [6.07, 6.45) is 7.99. The van der Waals surface area contributed by atoms with Gasteiger partial charge in [0.15, 0.2) is 6.29 Å². The molecule has 4 unspecified atom stereocenters. The van der Waals surface area contributed by atoms with Gasteiger partial charge in [-0.3, -0.25) is 14.4 Å². The molecule has 30 heavy (non-hydrogen) atoms. The second kappa shape index (κ2) is 10.5. The number of hydrogen-bond acceptors (Lipinski definition) is 5. The molecule has 4 rings (SSSR count). The lowest BCUT2D eigenvalue weighted by Crippen LogP contribution is -2.40. The molecule has 0 radical (unpaired) electrons. The highest BCUT2D eigenvalue weighted by Crippen LogP contribution is 2.35. The molecule has 3 aliphatic rings. The molecule has 2 N–H and O–H groups in total. The van der Waals surface area contributed by atoms with E-state index < -0.39 is 5.92 Å². The molecule has 2 heterocycles. The minimum atomic E-state index is -0.567. The topological polar surface area (TPSA) is 76.7 Å². The van der Waals surface area contributed by atoms with Crippen LogP contribution < -0.4 is 10.8 Å². The van der Waals surface area contributed by atoms with Crippen molar-refractivity contribution in [3.63, 3.8) is 0 Å². The summed E-state index contributed by atoms with van der Waals surface area (Å²) in [7, 11) is 0. The summed E-state index contributed by atoms with van der Waals surface area (Å²) in [5, 5.41) is 2.93. The Hall–Kier alpha value is -1.76. The average molecular weight is 415 g/mol. The molecule has 2 aliphatic heterocycles. The number of hydroxylamine groups is 1. The fourth-order valence-electron chi connectivity index (χ4n) is 4.87. The molecule has 0 bridgehead atoms. The molecular formula is C24H34N2O4. The van der Waals surface area contributed by atoms with Crippen LogP contribution in [-0.2, 0) is 25.6 Å². The number of rotatable bonds is 10. The number of hydrogen-bond donors (Lipinski definition) is 2. The minimum Gasteiger partial charge on any atom is -0.355 e. The highest BCUT2D eigenvalue weighted by Gasteiger charge is 2.43. The Kier molecular flexibility index (Phi) is 7.52. The Morgan fingerprint density at radius 2 is 2.00 bits per heavy atom. The number of ketones is 1. The van der Waals surface area contributed by atoms with Crippen LogP contribution in [-0.4, -0.2) is 37.7 Å². The molecule has 164 valence electrons. The zero-order valence-electron chi connectivity index (χ0n) is 17.7. The van der Waals surface area contributed by atoms with Crippen molar-refractivity contribution in [2.45, 2.75) is 57.7 Å². The van der Waals surface area contributed by atoms with Crippen molar-refractivity contribution >= 4 is 11.7 Å². The van der Waals surface area contributed by atoms with Gasteiger partial charge in [-0.05, 0) is 43.1 Å². The zero-order chi connectivity index (χ0) is 20.8. The Balaban J connectivity index is 1.38. The lowest BCUT2D eigenvalue weighted by Gasteiger charge is -2.31. The molecule has 6 nitrogen and oxygen atoms in total. The van der Waals surface area contributed by atoms with Gasteiger partial charge < -0.3 is 10.1 Å². The van der Waals surface area contributed by atoms with Crippen LogP contribution in [0.1, 0.15) is 50.5 Å². The lowest BCUT2D eigenvalue weighted by molar-refractivity contribution is -0.198. The Bertz CT molecular complexity index is 700. The molecule has 1 aliphatic carbocycles. The molecule has 2 saturated heterocycles. The third-order valence-corrected chi connectivity index (χ3v) is 6.87. The van der Waals surface area contributed by atoms with Crippen LogP contribution in [0.15, 0.2) is 30.3 Å². The fourth-order valence-corrected chi connectivity index (χ4v) is 4.87. The van der Waals surface area contributed by atoms with Crippen LogP contribution in [0.25, 0.3) is 0 Å².